The van der Waals surface area contributed by atoms with Crippen LogP contribution in [0.5, 0.6) is 0 Å². The lowest BCUT2D eigenvalue weighted by molar-refractivity contribution is -0.142. The van der Waals surface area contributed by atoms with E-state index >= 15 is 0 Å². The summed E-state index contributed by atoms with van der Waals surface area (Å²) < 4.78 is 0. The topological polar surface area (TPSA) is 54.5 Å². The first-order valence-corrected chi connectivity index (χ1v) is 7.95. The van der Waals surface area contributed by atoms with Gasteiger partial charge in [0.25, 0.3) is 5.91 Å². The number of likely N-dealkylation sites (N-methyl/N-ethyl adjacent to an activating group) is 1. The SMILES string of the molecule is CN(C(=O)C(=O)C=Cc1ccccc1Cl)C([C]=O)c1cccs1. The molecule has 1 unspecified atom stereocenters. The van der Waals surface area contributed by atoms with E-state index in [9.17, 15) is 14.4 Å². The highest BCUT2D eigenvalue weighted by Gasteiger charge is 2.26. The van der Waals surface area contributed by atoms with E-state index in [2.05, 4.69) is 0 Å². The van der Waals surface area contributed by atoms with E-state index < -0.39 is 17.7 Å². The maximum Gasteiger partial charge on any atom is 0.294 e. The summed E-state index contributed by atoms with van der Waals surface area (Å²) in [6, 6.07) is 9.56. The molecule has 1 heterocycles. The van der Waals surface area contributed by atoms with Crippen LogP contribution in [-0.2, 0) is 14.4 Å². The number of rotatable bonds is 6. The Labute approximate surface area is 143 Å². The van der Waals surface area contributed by atoms with Crippen LogP contribution >= 0.6 is 22.9 Å². The Bertz CT molecular complexity index is 740. The molecule has 0 aliphatic heterocycles. The zero-order chi connectivity index (χ0) is 16.8. The lowest BCUT2D eigenvalue weighted by Crippen LogP contribution is -2.36. The van der Waals surface area contributed by atoms with E-state index in [1.165, 1.54) is 24.5 Å². The Hall–Kier alpha value is -2.24. The van der Waals surface area contributed by atoms with Crippen molar-refractivity contribution in [1.29, 1.82) is 0 Å². The Balaban J connectivity index is 2.11. The minimum atomic E-state index is -0.889. The third-order valence-corrected chi connectivity index (χ3v) is 4.43. The summed E-state index contributed by atoms with van der Waals surface area (Å²) in [6.45, 7) is 0. The molecule has 1 radical (unpaired) electrons. The highest BCUT2D eigenvalue weighted by Crippen LogP contribution is 2.22. The number of thiophene rings is 1. The molecule has 1 aromatic carbocycles. The maximum absolute atomic E-state index is 12.2. The fraction of sp³-hybridized carbons (Fsp3) is 0.118. The Kier molecular flexibility index (Phi) is 5.84. The molecule has 0 aliphatic rings. The summed E-state index contributed by atoms with van der Waals surface area (Å²) in [5.74, 6) is -1.51. The smallest absolute Gasteiger partial charge is 0.294 e. The van der Waals surface area contributed by atoms with Crippen molar-refractivity contribution in [1.82, 2.24) is 4.90 Å². The van der Waals surface area contributed by atoms with Crippen LogP contribution in [0.4, 0.5) is 0 Å². The van der Waals surface area contributed by atoms with Crippen molar-refractivity contribution in [3.05, 3.63) is 63.3 Å². The summed E-state index contributed by atoms with van der Waals surface area (Å²) in [7, 11) is 1.40. The Morgan fingerprint density at radius 2 is 2.00 bits per heavy atom. The van der Waals surface area contributed by atoms with Crippen LogP contribution < -0.4 is 0 Å². The second kappa shape index (κ2) is 7.85. The highest BCUT2D eigenvalue weighted by atomic mass is 35.5. The van der Waals surface area contributed by atoms with E-state index in [0.29, 0.717) is 15.5 Å². The minimum Gasteiger partial charge on any atom is -0.323 e. The van der Waals surface area contributed by atoms with E-state index in [-0.39, 0.29) is 0 Å². The van der Waals surface area contributed by atoms with Gasteiger partial charge in [0.15, 0.2) is 0 Å². The standard InChI is InChI=1S/C17H13ClNO3S/c1-19(14(11-20)16-7-4-10-23-16)17(22)15(21)9-8-12-5-2-3-6-13(12)18/h2-10,14H,1H3. The maximum atomic E-state index is 12.2. The molecule has 117 valence electrons. The molecule has 6 heteroatoms. The van der Waals surface area contributed by atoms with Crippen LogP contribution in [-0.4, -0.2) is 29.9 Å². The van der Waals surface area contributed by atoms with Gasteiger partial charge in [0.1, 0.15) is 6.04 Å². The summed E-state index contributed by atoms with van der Waals surface area (Å²) in [4.78, 5) is 37.0. The van der Waals surface area contributed by atoms with Crippen LogP contribution in [0, 0.1) is 0 Å². The monoisotopic (exact) mass is 346 g/mol. The summed E-state index contributed by atoms with van der Waals surface area (Å²) >= 11 is 7.30. The van der Waals surface area contributed by atoms with Gasteiger partial charge in [0, 0.05) is 16.9 Å². The minimum absolute atomic E-state index is 0.482. The van der Waals surface area contributed by atoms with Gasteiger partial charge in [0.05, 0.1) is 0 Å². The Morgan fingerprint density at radius 1 is 1.26 bits per heavy atom. The van der Waals surface area contributed by atoms with Gasteiger partial charge < -0.3 is 4.90 Å². The van der Waals surface area contributed by atoms with E-state index in [0.717, 1.165) is 11.0 Å². The van der Waals surface area contributed by atoms with Gasteiger partial charge in [-0.2, -0.15) is 0 Å². The molecule has 0 saturated carbocycles. The average Bonchev–Trinajstić information content (AvgIpc) is 3.08. The third kappa shape index (κ3) is 4.15. The van der Waals surface area contributed by atoms with Gasteiger partial charge in [-0.1, -0.05) is 35.9 Å². The number of carbonyl (C=O) groups is 2. The number of hydrogen-bond acceptors (Lipinski definition) is 4. The van der Waals surface area contributed by atoms with Crippen LogP contribution in [0.1, 0.15) is 16.5 Å². The van der Waals surface area contributed by atoms with Crippen molar-refractivity contribution in [2.45, 2.75) is 6.04 Å². The number of carbonyl (C=O) groups excluding carboxylic acids is 3. The molecule has 0 fully saturated rings. The predicted octanol–water partition coefficient (Wildman–Crippen LogP) is 3.29. The van der Waals surface area contributed by atoms with E-state index in [1.807, 2.05) is 0 Å². The molecule has 1 amide bonds. The summed E-state index contributed by atoms with van der Waals surface area (Å²) in [5.41, 5.74) is 0.634. The molecule has 0 bridgehead atoms. The molecule has 0 aliphatic carbocycles. The first-order chi connectivity index (χ1) is 11.0. The van der Waals surface area contributed by atoms with Gasteiger partial charge in [-0.05, 0) is 35.2 Å². The van der Waals surface area contributed by atoms with Crippen molar-refractivity contribution in [2.24, 2.45) is 0 Å². The fourth-order valence-corrected chi connectivity index (χ4v) is 2.92. The number of ketones is 1. The van der Waals surface area contributed by atoms with Gasteiger partial charge in [-0.3, -0.25) is 14.4 Å². The normalized spacial score (nSPS) is 12.1. The highest BCUT2D eigenvalue weighted by molar-refractivity contribution is 7.10. The van der Waals surface area contributed by atoms with Gasteiger partial charge >= 0.3 is 0 Å². The van der Waals surface area contributed by atoms with Crippen molar-refractivity contribution >= 4 is 47.0 Å². The van der Waals surface area contributed by atoms with E-state index in [4.69, 9.17) is 11.6 Å². The first-order valence-electron chi connectivity index (χ1n) is 6.69. The lowest BCUT2D eigenvalue weighted by Gasteiger charge is -2.20. The van der Waals surface area contributed by atoms with Crippen LogP contribution in [0.2, 0.25) is 5.02 Å². The lowest BCUT2D eigenvalue weighted by atomic mass is 10.1. The van der Waals surface area contributed by atoms with Gasteiger partial charge in [-0.25, -0.2) is 0 Å². The van der Waals surface area contributed by atoms with Gasteiger partial charge in [-0.15, -0.1) is 11.3 Å². The van der Waals surface area contributed by atoms with Crippen molar-refractivity contribution < 1.29 is 14.4 Å². The molecule has 4 nitrogen and oxygen atoms in total. The zero-order valence-electron chi connectivity index (χ0n) is 12.2. The molecular formula is C17H13ClNO3S. The largest absolute Gasteiger partial charge is 0.323 e. The molecule has 2 aromatic rings. The summed E-state index contributed by atoms with van der Waals surface area (Å²) in [6.07, 6.45) is 4.41. The third-order valence-electron chi connectivity index (χ3n) is 3.16. The number of nitrogens with zero attached hydrogens (tertiary/aromatic N) is 1. The number of hydrogen-bond donors (Lipinski definition) is 0. The average molecular weight is 347 g/mol. The molecule has 0 spiro atoms. The molecule has 23 heavy (non-hydrogen) atoms. The van der Waals surface area contributed by atoms with Crippen molar-refractivity contribution in [3.8, 4) is 0 Å². The van der Waals surface area contributed by atoms with Crippen LogP contribution in [0.25, 0.3) is 6.08 Å². The molecule has 1 aromatic heterocycles. The molecular weight excluding hydrogens is 334 g/mol. The van der Waals surface area contributed by atoms with Crippen molar-refractivity contribution in [3.63, 3.8) is 0 Å². The number of halogens is 1. The van der Waals surface area contributed by atoms with Crippen LogP contribution in [0.3, 0.4) is 0 Å². The molecule has 0 saturated heterocycles. The molecule has 2 rings (SSSR count). The quantitative estimate of drug-likeness (QED) is 0.595. The first kappa shape index (κ1) is 17.1. The van der Waals surface area contributed by atoms with Gasteiger partial charge in [0.2, 0.25) is 12.1 Å². The fourth-order valence-electron chi connectivity index (χ4n) is 1.91. The van der Waals surface area contributed by atoms with Crippen LogP contribution in [0.15, 0.2) is 47.9 Å². The number of amides is 1. The summed E-state index contributed by atoms with van der Waals surface area (Å²) in [5, 5.41) is 2.27. The Morgan fingerprint density at radius 3 is 2.61 bits per heavy atom. The zero-order valence-corrected chi connectivity index (χ0v) is 13.8. The van der Waals surface area contributed by atoms with E-state index in [1.54, 1.807) is 48.1 Å². The predicted molar refractivity (Wildman–Crippen MR) is 91.0 cm³/mol. The second-order valence-corrected chi connectivity index (χ2v) is 6.06. The number of benzene rings is 1. The molecule has 1 atom stereocenters. The van der Waals surface area contributed by atoms with Crippen molar-refractivity contribution in [2.75, 3.05) is 7.05 Å². The second-order valence-electron chi connectivity index (χ2n) is 4.67. The molecule has 0 N–H and O–H groups in total.